The minimum absolute atomic E-state index is 0.116. The number of thiophene rings is 1. The molecular formula is C15H18N4O3S2. The Kier molecular flexibility index (Phi) is 4.83. The number of aromatic nitrogens is 1. The number of hydrogen-bond donors (Lipinski definition) is 2. The summed E-state index contributed by atoms with van der Waals surface area (Å²) in [5.74, 6) is 0.150. The van der Waals surface area contributed by atoms with E-state index in [4.69, 9.17) is 5.73 Å². The van der Waals surface area contributed by atoms with Crippen molar-refractivity contribution in [2.75, 3.05) is 24.1 Å². The number of nitrogens with two attached hydrogens (primary N) is 1. The van der Waals surface area contributed by atoms with Crippen LogP contribution in [0.25, 0.3) is 0 Å². The molecule has 0 aliphatic carbocycles. The van der Waals surface area contributed by atoms with E-state index in [1.54, 1.807) is 24.3 Å². The van der Waals surface area contributed by atoms with Gasteiger partial charge in [-0.15, -0.1) is 11.3 Å². The molecule has 2 aromatic rings. The average Bonchev–Trinajstić information content (AvgIpc) is 3.21. The summed E-state index contributed by atoms with van der Waals surface area (Å²) < 4.78 is 26.7. The predicted molar refractivity (Wildman–Crippen MR) is 93.3 cm³/mol. The third kappa shape index (κ3) is 3.74. The summed E-state index contributed by atoms with van der Waals surface area (Å²) in [5.41, 5.74) is 6.04. The molecule has 1 aliphatic rings. The molecule has 3 N–H and O–H groups in total. The number of nitrogens with zero attached hydrogens (tertiary/aromatic N) is 2. The van der Waals surface area contributed by atoms with E-state index in [2.05, 4.69) is 10.3 Å². The van der Waals surface area contributed by atoms with Gasteiger partial charge in [0.2, 0.25) is 5.91 Å². The van der Waals surface area contributed by atoms with E-state index in [1.807, 2.05) is 0 Å². The Morgan fingerprint density at radius 1 is 1.25 bits per heavy atom. The lowest BCUT2D eigenvalue weighted by molar-refractivity contribution is -0.115. The van der Waals surface area contributed by atoms with Gasteiger partial charge in [-0.2, -0.15) is 4.31 Å². The van der Waals surface area contributed by atoms with Gasteiger partial charge in [-0.1, -0.05) is 0 Å². The van der Waals surface area contributed by atoms with Crippen LogP contribution in [0.1, 0.15) is 17.7 Å². The predicted octanol–water partition coefficient (Wildman–Crippen LogP) is 1.69. The van der Waals surface area contributed by atoms with Crippen molar-refractivity contribution in [2.45, 2.75) is 23.5 Å². The Balaban J connectivity index is 1.65. The van der Waals surface area contributed by atoms with Crippen molar-refractivity contribution in [1.82, 2.24) is 9.29 Å². The molecule has 0 bridgehead atoms. The van der Waals surface area contributed by atoms with Gasteiger partial charge in [-0.3, -0.25) is 4.79 Å². The van der Waals surface area contributed by atoms with Crippen LogP contribution in [0, 0.1) is 0 Å². The summed E-state index contributed by atoms with van der Waals surface area (Å²) in [6, 6.07) is 6.53. The van der Waals surface area contributed by atoms with Crippen LogP contribution in [-0.2, 0) is 21.2 Å². The van der Waals surface area contributed by atoms with Gasteiger partial charge in [0, 0.05) is 18.0 Å². The van der Waals surface area contributed by atoms with Gasteiger partial charge in [-0.25, -0.2) is 13.4 Å². The first kappa shape index (κ1) is 16.9. The van der Waals surface area contributed by atoms with Crippen molar-refractivity contribution in [2.24, 2.45) is 0 Å². The van der Waals surface area contributed by atoms with E-state index in [1.165, 1.54) is 10.5 Å². The number of pyridine rings is 1. The van der Waals surface area contributed by atoms with Crippen molar-refractivity contribution >= 4 is 38.8 Å². The van der Waals surface area contributed by atoms with Crippen molar-refractivity contribution in [3.05, 3.63) is 35.3 Å². The second kappa shape index (κ2) is 6.88. The van der Waals surface area contributed by atoms with Gasteiger partial charge in [0.05, 0.1) is 18.3 Å². The number of rotatable bonds is 5. The minimum atomic E-state index is -3.42. The molecule has 24 heavy (non-hydrogen) atoms. The molecule has 0 atom stereocenters. The van der Waals surface area contributed by atoms with Gasteiger partial charge in [0.15, 0.2) is 0 Å². The molecule has 2 aromatic heterocycles. The van der Waals surface area contributed by atoms with Gasteiger partial charge >= 0.3 is 0 Å². The Morgan fingerprint density at radius 3 is 2.67 bits per heavy atom. The standard InChI is InChI=1S/C15H18N4O3S2/c16-13-5-3-11(10-17-13)18-14(20)9-12-4-6-15(23-12)24(21,22)19-7-1-2-8-19/h3-6,10H,1-2,7-9H2,(H2,16,17)(H,18,20). The van der Waals surface area contributed by atoms with E-state index in [0.29, 0.717) is 33.7 Å². The van der Waals surface area contributed by atoms with Crippen LogP contribution in [0.2, 0.25) is 0 Å². The van der Waals surface area contributed by atoms with E-state index < -0.39 is 10.0 Å². The third-order valence-corrected chi connectivity index (χ3v) is 7.15. The summed E-state index contributed by atoms with van der Waals surface area (Å²) >= 11 is 1.14. The Morgan fingerprint density at radius 2 is 2.00 bits per heavy atom. The van der Waals surface area contributed by atoms with Crippen LogP contribution >= 0.6 is 11.3 Å². The van der Waals surface area contributed by atoms with Crippen LogP contribution in [-0.4, -0.2) is 36.7 Å². The number of nitrogens with one attached hydrogen (secondary N) is 1. The van der Waals surface area contributed by atoms with E-state index in [-0.39, 0.29) is 12.3 Å². The number of anilines is 2. The Labute approximate surface area is 144 Å². The zero-order chi connectivity index (χ0) is 17.2. The van der Waals surface area contributed by atoms with Gasteiger partial charge < -0.3 is 11.1 Å². The number of carbonyl (C=O) groups is 1. The zero-order valence-electron chi connectivity index (χ0n) is 12.9. The lowest BCUT2D eigenvalue weighted by atomic mass is 10.3. The number of sulfonamides is 1. The van der Waals surface area contributed by atoms with Crippen LogP contribution < -0.4 is 11.1 Å². The summed E-state index contributed by atoms with van der Waals surface area (Å²) in [4.78, 5) is 16.7. The smallest absolute Gasteiger partial charge is 0.252 e. The van der Waals surface area contributed by atoms with E-state index >= 15 is 0 Å². The maximum Gasteiger partial charge on any atom is 0.252 e. The lowest BCUT2D eigenvalue weighted by Crippen LogP contribution is -2.27. The highest BCUT2D eigenvalue weighted by Gasteiger charge is 2.28. The second-order valence-corrected chi connectivity index (χ2v) is 8.86. The quantitative estimate of drug-likeness (QED) is 0.838. The highest BCUT2D eigenvalue weighted by molar-refractivity contribution is 7.91. The first-order valence-corrected chi connectivity index (χ1v) is 9.81. The number of amides is 1. The molecule has 3 heterocycles. The third-order valence-electron chi connectivity index (χ3n) is 3.70. The summed E-state index contributed by atoms with van der Waals surface area (Å²) in [7, 11) is -3.42. The monoisotopic (exact) mass is 366 g/mol. The maximum atomic E-state index is 12.5. The Bertz CT molecular complexity index is 825. The molecule has 9 heteroatoms. The molecule has 7 nitrogen and oxygen atoms in total. The van der Waals surface area contributed by atoms with Gasteiger partial charge in [0.25, 0.3) is 10.0 Å². The lowest BCUT2D eigenvalue weighted by Gasteiger charge is -2.13. The Hall–Kier alpha value is -1.97. The number of carbonyl (C=O) groups excluding carboxylic acids is 1. The molecule has 0 spiro atoms. The van der Waals surface area contributed by atoms with Crippen molar-refractivity contribution < 1.29 is 13.2 Å². The average molecular weight is 366 g/mol. The molecule has 128 valence electrons. The topological polar surface area (TPSA) is 105 Å². The number of hydrogen-bond acceptors (Lipinski definition) is 6. The minimum Gasteiger partial charge on any atom is -0.384 e. The normalized spacial score (nSPS) is 15.5. The molecule has 0 radical (unpaired) electrons. The van der Waals surface area contributed by atoms with Crippen molar-refractivity contribution in [3.8, 4) is 0 Å². The molecule has 1 fully saturated rings. The fraction of sp³-hybridized carbons (Fsp3) is 0.333. The van der Waals surface area contributed by atoms with E-state index in [0.717, 1.165) is 24.2 Å². The van der Waals surface area contributed by atoms with Gasteiger partial charge in [0.1, 0.15) is 10.0 Å². The van der Waals surface area contributed by atoms with Crippen LogP contribution in [0.5, 0.6) is 0 Å². The molecule has 0 aromatic carbocycles. The fourth-order valence-electron chi connectivity index (χ4n) is 2.49. The summed E-state index contributed by atoms with van der Waals surface area (Å²) in [6.45, 7) is 1.14. The van der Waals surface area contributed by atoms with Crippen LogP contribution in [0.3, 0.4) is 0 Å². The summed E-state index contributed by atoms with van der Waals surface area (Å²) in [6.07, 6.45) is 3.39. The van der Waals surface area contributed by atoms with Crippen LogP contribution in [0.4, 0.5) is 11.5 Å². The highest BCUT2D eigenvalue weighted by Crippen LogP contribution is 2.27. The fourth-order valence-corrected chi connectivity index (χ4v) is 5.52. The largest absolute Gasteiger partial charge is 0.384 e. The number of nitrogen functional groups attached to an aromatic ring is 1. The second-order valence-electron chi connectivity index (χ2n) is 5.53. The van der Waals surface area contributed by atoms with Gasteiger partial charge in [-0.05, 0) is 37.1 Å². The molecular weight excluding hydrogens is 348 g/mol. The first-order chi connectivity index (χ1) is 11.4. The molecule has 1 saturated heterocycles. The summed E-state index contributed by atoms with van der Waals surface area (Å²) in [5, 5.41) is 2.71. The molecule has 1 amide bonds. The first-order valence-electron chi connectivity index (χ1n) is 7.55. The highest BCUT2D eigenvalue weighted by atomic mass is 32.2. The molecule has 0 unspecified atom stereocenters. The molecule has 0 saturated carbocycles. The maximum absolute atomic E-state index is 12.5. The van der Waals surface area contributed by atoms with Crippen molar-refractivity contribution in [1.29, 1.82) is 0 Å². The zero-order valence-corrected chi connectivity index (χ0v) is 14.6. The SMILES string of the molecule is Nc1ccc(NC(=O)Cc2ccc(S(=O)(=O)N3CCCC3)s2)cn1. The van der Waals surface area contributed by atoms with E-state index in [9.17, 15) is 13.2 Å². The molecule has 1 aliphatic heterocycles. The van der Waals surface area contributed by atoms with Crippen LogP contribution in [0.15, 0.2) is 34.7 Å². The molecule has 3 rings (SSSR count). The van der Waals surface area contributed by atoms with Crippen molar-refractivity contribution in [3.63, 3.8) is 0 Å².